The molecule has 0 aliphatic carbocycles. The molecule has 6 heteroatoms. The van der Waals surface area contributed by atoms with E-state index in [1.165, 1.54) is 12.1 Å². The van der Waals surface area contributed by atoms with Crippen LogP contribution in [-0.4, -0.2) is 11.9 Å². The summed E-state index contributed by atoms with van der Waals surface area (Å²) in [6.45, 7) is 1.94. The van der Waals surface area contributed by atoms with E-state index in [1.54, 1.807) is 6.07 Å². The molecule has 0 amide bonds. The third-order valence-corrected chi connectivity index (χ3v) is 1.90. The fourth-order valence-electron chi connectivity index (χ4n) is 1.14. The third kappa shape index (κ3) is 3.23. The zero-order valence-corrected chi connectivity index (χ0v) is 8.94. The fraction of sp³-hybridized carbons (Fsp3) is 0.200. The van der Waals surface area contributed by atoms with Crippen molar-refractivity contribution >= 4 is 17.6 Å². The van der Waals surface area contributed by atoms with Gasteiger partial charge >= 0.3 is 0 Å². The van der Waals surface area contributed by atoms with E-state index in [-0.39, 0.29) is 17.6 Å². The second-order valence-electron chi connectivity index (χ2n) is 3.15. The average Bonchev–Trinajstić information content (AvgIpc) is 2.19. The molecule has 0 atom stereocenters. The first-order chi connectivity index (χ1) is 7.52. The van der Waals surface area contributed by atoms with Crippen molar-refractivity contribution in [3.63, 3.8) is 0 Å². The summed E-state index contributed by atoms with van der Waals surface area (Å²) >= 11 is 0. The van der Waals surface area contributed by atoms with Crippen LogP contribution in [0.5, 0.6) is 0 Å². The maximum atomic E-state index is 13.5. The van der Waals surface area contributed by atoms with Crippen LogP contribution in [0.4, 0.5) is 10.1 Å². The summed E-state index contributed by atoms with van der Waals surface area (Å²) in [4.78, 5) is 7.24. The Morgan fingerprint density at radius 3 is 2.50 bits per heavy atom. The van der Waals surface area contributed by atoms with Gasteiger partial charge in [-0.25, -0.2) is 9.38 Å². The molecule has 0 aliphatic heterocycles. The largest absolute Gasteiger partial charge is 0.370 e. The lowest BCUT2D eigenvalue weighted by Crippen LogP contribution is -2.26. The number of halogens is 1. The average molecular weight is 223 g/mol. The van der Waals surface area contributed by atoms with Gasteiger partial charge in [-0.2, -0.15) is 4.99 Å². The highest BCUT2D eigenvalue weighted by Gasteiger charge is 2.02. The molecule has 0 saturated carbocycles. The number of rotatable bonds is 2. The number of benzene rings is 1. The maximum absolute atomic E-state index is 13.5. The van der Waals surface area contributed by atoms with E-state index in [2.05, 4.69) is 9.98 Å². The second kappa shape index (κ2) is 5.11. The summed E-state index contributed by atoms with van der Waals surface area (Å²) in [6, 6.07) is 4.70. The van der Waals surface area contributed by atoms with Gasteiger partial charge in [0.25, 0.3) is 0 Å². The first-order valence-corrected chi connectivity index (χ1v) is 4.75. The first-order valence-electron chi connectivity index (χ1n) is 4.75. The Kier molecular flexibility index (Phi) is 3.82. The number of aryl methyl sites for hydroxylation is 1. The summed E-state index contributed by atoms with van der Waals surface area (Å²) in [7, 11) is 0. The summed E-state index contributed by atoms with van der Waals surface area (Å²) < 4.78 is 13.5. The minimum Gasteiger partial charge on any atom is -0.370 e. The van der Waals surface area contributed by atoms with E-state index in [0.717, 1.165) is 12.0 Å². The Hall–Kier alpha value is -2.11. The van der Waals surface area contributed by atoms with Gasteiger partial charge in [0.1, 0.15) is 11.5 Å². The summed E-state index contributed by atoms with van der Waals surface area (Å²) in [5, 5.41) is 0. The predicted molar refractivity (Wildman–Crippen MR) is 62.9 cm³/mol. The van der Waals surface area contributed by atoms with Crippen LogP contribution >= 0.6 is 0 Å². The third-order valence-electron chi connectivity index (χ3n) is 1.90. The fourth-order valence-corrected chi connectivity index (χ4v) is 1.14. The van der Waals surface area contributed by atoms with Crippen LogP contribution in [0.25, 0.3) is 0 Å². The van der Waals surface area contributed by atoms with Gasteiger partial charge in [0.05, 0.1) is 0 Å². The topological polar surface area (TPSA) is 103 Å². The van der Waals surface area contributed by atoms with E-state index in [1.807, 2.05) is 6.92 Å². The number of guanidine groups is 2. The molecule has 0 unspecified atom stereocenters. The molecule has 0 fully saturated rings. The lowest BCUT2D eigenvalue weighted by molar-refractivity contribution is 0.628. The number of hydrogen-bond acceptors (Lipinski definition) is 1. The Balaban J connectivity index is 3.02. The molecule has 0 radical (unpaired) electrons. The first kappa shape index (κ1) is 12.0. The number of nitrogens with zero attached hydrogens (tertiary/aromatic N) is 2. The van der Waals surface area contributed by atoms with Gasteiger partial charge in [0.15, 0.2) is 5.96 Å². The normalized spacial score (nSPS) is 11.2. The SMILES string of the molecule is CCc1ccc(N=C(N)N=C(N)N)c(F)c1. The van der Waals surface area contributed by atoms with Crippen molar-refractivity contribution in [2.24, 2.45) is 27.2 Å². The van der Waals surface area contributed by atoms with E-state index >= 15 is 0 Å². The van der Waals surface area contributed by atoms with Crippen LogP contribution in [0.3, 0.4) is 0 Å². The molecule has 5 nitrogen and oxygen atoms in total. The van der Waals surface area contributed by atoms with Crippen molar-refractivity contribution < 1.29 is 4.39 Å². The quantitative estimate of drug-likeness (QED) is 0.505. The van der Waals surface area contributed by atoms with Crippen LogP contribution in [0.2, 0.25) is 0 Å². The van der Waals surface area contributed by atoms with Crippen molar-refractivity contribution in [2.75, 3.05) is 0 Å². The lowest BCUT2D eigenvalue weighted by atomic mass is 10.1. The van der Waals surface area contributed by atoms with Crippen molar-refractivity contribution in [1.29, 1.82) is 0 Å². The summed E-state index contributed by atoms with van der Waals surface area (Å²) in [6.07, 6.45) is 0.754. The predicted octanol–water partition coefficient (Wildman–Crippen LogP) is 0.608. The molecular formula is C10H14FN5. The molecule has 16 heavy (non-hydrogen) atoms. The van der Waals surface area contributed by atoms with Gasteiger partial charge in [-0.05, 0) is 24.1 Å². The molecule has 0 aliphatic rings. The van der Waals surface area contributed by atoms with Crippen LogP contribution < -0.4 is 17.2 Å². The highest BCUT2D eigenvalue weighted by Crippen LogP contribution is 2.19. The molecule has 6 N–H and O–H groups in total. The Bertz CT molecular complexity index is 435. The molecule has 86 valence electrons. The van der Waals surface area contributed by atoms with E-state index in [9.17, 15) is 4.39 Å². The van der Waals surface area contributed by atoms with E-state index in [0.29, 0.717) is 0 Å². The zero-order chi connectivity index (χ0) is 12.1. The van der Waals surface area contributed by atoms with Crippen LogP contribution in [-0.2, 0) is 6.42 Å². The van der Waals surface area contributed by atoms with E-state index < -0.39 is 5.82 Å². The van der Waals surface area contributed by atoms with Crippen molar-refractivity contribution in [3.05, 3.63) is 29.6 Å². The highest BCUT2D eigenvalue weighted by molar-refractivity contribution is 5.93. The van der Waals surface area contributed by atoms with Gasteiger partial charge < -0.3 is 17.2 Å². The smallest absolute Gasteiger partial charge is 0.223 e. The van der Waals surface area contributed by atoms with Crippen molar-refractivity contribution in [2.45, 2.75) is 13.3 Å². The summed E-state index contributed by atoms with van der Waals surface area (Å²) in [5.74, 6) is -0.844. The van der Waals surface area contributed by atoms with Gasteiger partial charge in [-0.1, -0.05) is 13.0 Å². The minimum atomic E-state index is -0.451. The van der Waals surface area contributed by atoms with Crippen molar-refractivity contribution in [1.82, 2.24) is 0 Å². The van der Waals surface area contributed by atoms with Gasteiger partial charge in [-0.15, -0.1) is 0 Å². The molecule has 0 aromatic heterocycles. The lowest BCUT2D eigenvalue weighted by Gasteiger charge is -2.00. The number of nitrogens with two attached hydrogens (primary N) is 3. The molecule has 0 spiro atoms. The highest BCUT2D eigenvalue weighted by atomic mass is 19.1. The van der Waals surface area contributed by atoms with Gasteiger partial charge in [-0.3, -0.25) is 0 Å². The monoisotopic (exact) mass is 223 g/mol. The molecule has 0 bridgehead atoms. The van der Waals surface area contributed by atoms with Crippen LogP contribution in [0.1, 0.15) is 12.5 Å². The van der Waals surface area contributed by atoms with Crippen molar-refractivity contribution in [3.8, 4) is 0 Å². The maximum Gasteiger partial charge on any atom is 0.223 e. The standard InChI is InChI=1S/C10H14FN5/c1-2-6-3-4-8(7(11)5-6)15-10(14)16-9(12)13/h3-5H,2H2,1H3,(H6,12,13,14,15,16). The second-order valence-corrected chi connectivity index (χ2v) is 3.15. The Morgan fingerprint density at radius 2 is 2.00 bits per heavy atom. The van der Waals surface area contributed by atoms with Gasteiger partial charge in [0.2, 0.25) is 5.96 Å². The molecule has 1 aromatic rings. The number of hydrogen-bond donors (Lipinski definition) is 3. The minimum absolute atomic E-state index is 0.111. The number of aliphatic imine (C=N–C) groups is 2. The Morgan fingerprint density at radius 1 is 1.31 bits per heavy atom. The molecule has 1 rings (SSSR count). The molecular weight excluding hydrogens is 209 g/mol. The molecule has 0 saturated heterocycles. The molecule has 0 heterocycles. The van der Waals surface area contributed by atoms with Crippen LogP contribution in [0.15, 0.2) is 28.2 Å². The Labute approximate surface area is 92.9 Å². The molecule has 1 aromatic carbocycles. The van der Waals surface area contributed by atoms with Crippen LogP contribution in [0, 0.1) is 5.82 Å². The summed E-state index contributed by atoms with van der Waals surface area (Å²) in [5.41, 5.74) is 16.6. The van der Waals surface area contributed by atoms with E-state index in [4.69, 9.17) is 17.2 Å². The van der Waals surface area contributed by atoms with Gasteiger partial charge in [0, 0.05) is 0 Å². The zero-order valence-electron chi connectivity index (χ0n) is 8.94.